The molecule has 1 aliphatic rings. The lowest BCUT2D eigenvalue weighted by molar-refractivity contribution is -0.147. The molecule has 0 aromatic carbocycles. The largest absolute Gasteiger partial charge is 0.401 e. The Morgan fingerprint density at radius 2 is 1.93 bits per heavy atom. The number of hydrogen-bond acceptors (Lipinski definition) is 2. The quantitative estimate of drug-likeness (QED) is 0.747. The van der Waals surface area contributed by atoms with Gasteiger partial charge in [-0.15, -0.1) is 0 Å². The summed E-state index contributed by atoms with van der Waals surface area (Å²) in [6.07, 6.45) is -0.802. The minimum absolute atomic E-state index is 0.294. The molecular weight excluding hydrogens is 193 g/mol. The van der Waals surface area contributed by atoms with E-state index in [-0.39, 0.29) is 0 Å². The van der Waals surface area contributed by atoms with E-state index in [1.165, 1.54) is 4.90 Å². The number of halogens is 3. The first-order chi connectivity index (χ1) is 6.51. The summed E-state index contributed by atoms with van der Waals surface area (Å²) in [5, 5.41) is 0. The van der Waals surface area contributed by atoms with Gasteiger partial charge >= 0.3 is 6.18 Å². The fraction of sp³-hybridized carbons (Fsp3) is 1.00. The van der Waals surface area contributed by atoms with E-state index >= 15 is 0 Å². The Morgan fingerprint density at radius 3 is 2.29 bits per heavy atom. The van der Waals surface area contributed by atoms with Gasteiger partial charge in [0.05, 0.1) is 6.54 Å². The Kier molecular flexibility index (Phi) is 4.19. The Hall–Kier alpha value is -0.290. The maximum Gasteiger partial charge on any atom is 0.401 e. The molecule has 1 fully saturated rings. The van der Waals surface area contributed by atoms with Crippen LogP contribution in [0.5, 0.6) is 0 Å². The van der Waals surface area contributed by atoms with Crippen molar-refractivity contribution in [2.24, 2.45) is 11.7 Å². The third-order valence-corrected chi connectivity index (χ3v) is 2.59. The summed E-state index contributed by atoms with van der Waals surface area (Å²) in [7, 11) is 0. The summed E-state index contributed by atoms with van der Waals surface area (Å²) >= 11 is 0. The SMILES string of the molecule is NCCN(CC1CCC1)CC(F)(F)F. The van der Waals surface area contributed by atoms with Crippen LogP contribution >= 0.6 is 0 Å². The minimum Gasteiger partial charge on any atom is -0.329 e. The van der Waals surface area contributed by atoms with Crippen molar-refractivity contribution in [3.63, 3.8) is 0 Å². The van der Waals surface area contributed by atoms with Gasteiger partial charge in [0.2, 0.25) is 0 Å². The first-order valence-electron chi connectivity index (χ1n) is 5.00. The molecule has 0 aromatic rings. The standard InChI is InChI=1S/C9H17F3N2/c10-9(11,12)7-14(5-4-13)6-8-2-1-3-8/h8H,1-7,13H2. The predicted octanol–water partition coefficient (Wildman–Crippen LogP) is 1.61. The van der Waals surface area contributed by atoms with Crippen molar-refractivity contribution in [3.8, 4) is 0 Å². The minimum atomic E-state index is -4.10. The van der Waals surface area contributed by atoms with Crippen molar-refractivity contribution in [2.75, 3.05) is 26.2 Å². The second kappa shape index (κ2) is 4.98. The van der Waals surface area contributed by atoms with Crippen molar-refractivity contribution in [1.29, 1.82) is 0 Å². The highest BCUT2D eigenvalue weighted by atomic mass is 19.4. The second-order valence-electron chi connectivity index (χ2n) is 3.94. The molecule has 0 saturated heterocycles. The molecule has 1 aliphatic carbocycles. The molecule has 2 N–H and O–H groups in total. The van der Waals surface area contributed by atoms with E-state index in [2.05, 4.69) is 0 Å². The molecule has 5 heteroatoms. The molecule has 1 rings (SSSR count). The predicted molar refractivity (Wildman–Crippen MR) is 48.9 cm³/mol. The van der Waals surface area contributed by atoms with Crippen molar-refractivity contribution in [2.45, 2.75) is 25.4 Å². The van der Waals surface area contributed by atoms with Crippen LogP contribution in [-0.2, 0) is 0 Å². The molecule has 0 unspecified atom stereocenters. The lowest BCUT2D eigenvalue weighted by Crippen LogP contribution is -2.41. The molecule has 0 radical (unpaired) electrons. The van der Waals surface area contributed by atoms with Gasteiger partial charge in [0.25, 0.3) is 0 Å². The van der Waals surface area contributed by atoms with E-state index in [4.69, 9.17) is 5.73 Å². The molecule has 2 nitrogen and oxygen atoms in total. The monoisotopic (exact) mass is 210 g/mol. The number of nitrogens with two attached hydrogens (primary N) is 1. The summed E-state index contributed by atoms with van der Waals surface area (Å²) in [5.74, 6) is 0.462. The molecule has 0 atom stereocenters. The smallest absolute Gasteiger partial charge is 0.329 e. The van der Waals surface area contributed by atoms with Crippen LogP contribution in [0.3, 0.4) is 0 Å². The van der Waals surface area contributed by atoms with Crippen molar-refractivity contribution in [1.82, 2.24) is 4.90 Å². The number of alkyl halides is 3. The molecule has 0 aliphatic heterocycles. The van der Waals surface area contributed by atoms with Gasteiger partial charge in [0, 0.05) is 19.6 Å². The van der Waals surface area contributed by atoms with Gasteiger partial charge in [-0.3, -0.25) is 4.90 Å². The number of hydrogen-bond donors (Lipinski definition) is 1. The van der Waals surface area contributed by atoms with Crippen molar-refractivity contribution >= 4 is 0 Å². The van der Waals surface area contributed by atoms with E-state index in [1.54, 1.807) is 0 Å². The lowest BCUT2D eigenvalue weighted by Gasteiger charge is -2.32. The molecule has 0 amide bonds. The van der Waals surface area contributed by atoms with E-state index in [9.17, 15) is 13.2 Å². The summed E-state index contributed by atoms with van der Waals surface area (Å²) in [6, 6.07) is 0. The highest BCUT2D eigenvalue weighted by molar-refractivity contribution is 4.75. The van der Waals surface area contributed by atoms with Gasteiger partial charge in [-0.1, -0.05) is 6.42 Å². The van der Waals surface area contributed by atoms with Crippen LogP contribution in [0.2, 0.25) is 0 Å². The van der Waals surface area contributed by atoms with Gasteiger partial charge in [-0.2, -0.15) is 13.2 Å². The third-order valence-electron chi connectivity index (χ3n) is 2.59. The van der Waals surface area contributed by atoms with Crippen LogP contribution in [0.4, 0.5) is 13.2 Å². The first kappa shape index (κ1) is 11.8. The second-order valence-corrected chi connectivity index (χ2v) is 3.94. The summed E-state index contributed by atoms with van der Waals surface area (Å²) in [5.41, 5.74) is 5.27. The summed E-state index contributed by atoms with van der Waals surface area (Å²) in [4.78, 5) is 1.42. The van der Waals surface area contributed by atoms with E-state index in [0.717, 1.165) is 19.3 Å². The molecule has 0 spiro atoms. The zero-order valence-corrected chi connectivity index (χ0v) is 8.19. The highest BCUT2D eigenvalue weighted by Gasteiger charge is 2.32. The molecule has 1 saturated carbocycles. The summed E-state index contributed by atoms with van der Waals surface area (Å²) < 4.78 is 36.4. The number of rotatable bonds is 5. The molecule has 84 valence electrons. The van der Waals surface area contributed by atoms with Crippen molar-refractivity contribution < 1.29 is 13.2 Å². The Balaban J connectivity index is 2.29. The Bertz CT molecular complexity index is 166. The van der Waals surface area contributed by atoms with Crippen LogP contribution in [-0.4, -0.2) is 37.3 Å². The normalized spacial score (nSPS) is 18.6. The zero-order chi connectivity index (χ0) is 10.6. The Morgan fingerprint density at radius 1 is 1.29 bits per heavy atom. The van der Waals surface area contributed by atoms with Crippen LogP contribution in [0.1, 0.15) is 19.3 Å². The topological polar surface area (TPSA) is 29.3 Å². The van der Waals surface area contributed by atoms with E-state index < -0.39 is 12.7 Å². The average Bonchev–Trinajstić information content (AvgIpc) is 1.94. The summed E-state index contributed by atoms with van der Waals surface area (Å²) in [6.45, 7) is 0.371. The zero-order valence-electron chi connectivity index (χ0n) is 8.19. The van der Waals surface area contributed by atoms with Gasteiger partial charge in [-0.25, -0.2) is 0 Å². The maximum absolute atomic E-state index is 12.1. The van der Waals surface area contributed by atoms with Crippen LogP contribution in [0, 0.1) is 5.92 Å². The van der Waals surface area contributed by atoms with E-state index in [1.807, 2.05) is 0 Å². The van der Waals surface area contributed by atoms with Gasteiger partial charge in [-0.05, 0) is 18.8 Å². The van der Waals surface area contributed by atoms with E-state index in [0.29, 0.717) is 25.6 Å². The van der Waals surface area contributed by atoms with Crippen molar-refractivity contribution in [3.05, 3.63) is 0 Å². The van der Waals surface area contributed by atoms with Crippen LogP contribution < -0.4 is 5.73 Å². The van der Waals surface area contributed by atoms with Crippen LogP contribution in [0.15, 0.2) is 0 Å². The molecule has 0 aromatic heterocycles. The molecular formula is C9H17F3N2. The Labute approximate surface area is 82.2 Å². The average molecular weight is 210 g/mol. The third kappa shape index (κ3) is 4.28. The van der Waals surface area contributed by atoms with Gasteiger partial charge in [0.15, 0.2) is 0 Å². The molecule has 0 bridgehead atoms. The maximum atomic E-state index is 12.1. The lowest BCUT2D eigenvalue weighted by atomic mass is 9.85. The fourth-order valence-electron chi connectivity index (χ4n) is 1.71. The van der Waals surface area contributed by atoms with Crippen LogP contribution in [0.25, 0.3) is 0 Å². The first-order valence-corrected chi connectivity index (χ1v) is 5.00. The highest BCUT2D eigenvalue weighted by Crippen LogP contribution is 2.28. The van der Waals surface area contributed by atoms with Gasteiger partial charge in [0.1, 0.15) is 0 Å². The van der Waals surface area contributed by atoms with Gasteiger partial charge < -0.3 is 5.73 Å². The molecule has 14 heavy (non-hydrogen) atoms. The fourth-order valence-corrected chi connectivity index (χ4v) is 1.71. The molecule has 0 heterocycles. The number of nitrogens with zero attached hydrogens (tertiary/aromatic N) is 1.